The zero-order valence-electron chi connectivity index (χ0n) is 14.9. The zero-order valence-corrected chi connectivity index (χ0v) is 15.7. The van der Waals surface area contributed by atoms with Crippen LogP contribution in [0.3, 0.4) is 0 Å². The van der Waals surface area contributed by atoms with E-state index in [0.29, 0.717) is 18.9 Å². The molecule has 1 saturated heterocycles. The average molecular weight is 392 g/mol. The van der Waals surface area contributed by atoms with Gasteiger partial charge in [-0.05, 0) is 62.3 Å². The van der Waals surface area contributed by atoms with Crippen molar-refractivity contribution in [3.63, 3.8) is 0 Å². The highest BCUT2D eigenvalue weighted by Gasteiger charge is 2.46. The summed E-state index contributed by atoms with van der Waals surface area (Å²) < 4.78 is 18.7. The molecule has 2 aromatic carbocycles. The van der Waals surface area contributed by atoms with Gasteiger partial charge in [-0.1, -0.05) is 12.1 Å². The van der Waals surface area contributed by atoms with Crippen molar-refractivity contribution in [2.75, 3.05) is 36.5 Å². The molecular weight excluding hydrogens is 369 g/mol. The lowest BCUT2D eigenvalue weighted by Crippen LogP contribution is -2.61. The number of fused-ring (bicyclic) bond motifs is 1. The maximum atomic E-state index is 13.3. The smallest absolute Gasteiger partial charge is 0.252 e. The van der Waals surface area contributed by atoms with Crippen molar-refractivity contribution in [2.45, 2.75) is 18.4 Å². The number of anilines is 2. The van der Waals surface area contributed by atoms with E-state index in [1.165, 1.54) is 12.1 Å². The van der Waals surface area contributed by atoms with Crippen molar-refractivity contribution >= 4 is 29.7 Å². The van der Waals surface area contributed by atoms with E-state index >= 15 is 0 Å². The van der Waals surface area contributed by atoms with E-state index in [1.54, 1.807) is 12.1 Å². The third kappa shape index (κ3) is 3.87. The van der Waals surface area contributed by atoms with Crippen molar-refractivity contribution in [2.24, 2.45) is 0 Å². The Kier molecular flexibility index (Phi) is 5.87. The van der Waals surface area contributed by atoms with E-state index in [4.69, 9.17) is 4.74 Å². The molecule has 2 N–H and O–H groups in total. The molecular formula is C20H23ClFN3O2. The molecule has 2 heterocycles. The average Bonchev–Trinajstić information content (AvgIpc) is 2.67. The highest BCUT2D eigenvalue weighted by molar-refractivity contribution is 6.08. The molecule has 7 heteroatoms. The Balaban J connectivity index is 0.00000210. The monoisotopic (exact) mass is 391 g/mol. The lowest BCUT2D eigenvalue weighted by atomic mass is 9.84. The van der Waals surface area contributed by atoms with Crippen molar-refractivity contribution < 1.29 is 13.9 Å². The summed E-state index contributed by atoms with van der Waals surface area (Å²) in [5.41, 5.74) is 1.32. The summed E-state index contributed by atoms with van der Waals surface area (Å²) in [7, 11) is 0. The predicted molar refractivity (Wildman–Crippen MR) is 106 cm³/mol. The standard InChI is InChI=1S/C20H22FN3O2.ClH/c21-15-5-7-16(8-6-15)26-14-13-24-18-4-2-1-3-17(18)23-20(19(24)25)9-11-22-12-10-20;/h1-8,22-23H,9-14H2;1H. The van der Waals surface area contributed by atoms with Crippen LogP contribution in [-0.2, 0) is 4.79 Å². The molecule has 2 aliphatic heterocycles. The van der Waals surface area contributed by atoms with Crippen LogP contribution in [0, 0.1) is 5.82 Å². The molecule has 0 bridgehead atoms. The molecule has 0 aromatic heterocycles. The molecule has 2 aromatic rings. The van der Waals surface area contributed by atoms with E-state index in [2.05, 4.69) is 10.6 Å². The lowest BCUT2D eigenvalue weighted by molar-refractivity contribution is -0.124. The van der Waals surface area contributed by atoms with Crippen LogP contribution < -0.4 is 20.3 Å². The molecule has 1 amide bonds. The van der Waals surface area contributed by atoms with Gasteiger partial charge in [0.15, 0.2) is 0 Å². The van der Waals surface area contributed by atoms with Crippen LogP contribution in [0.15, 0.2) is 48.5 Å². The normalized spacial score (nSPS) is 17.7. The summed E-state index contributed by atoms with van der Waals surface area (Å²) in [5.74, 6) is 0.399. The topological polar surface area (TPSA) is 53.6 Å². The Labute approximate surface area is 164 Å². The van der Waals surface area contributed by atoms with Gasteiger partial charge < -0.3 is 20.3 Å². The molecule has 0 unspecified atom stereocenters. The van der Waals surface area contributed by atoms with Gasteiger partial charge in [-0.2, -0.15) is 0 Å². The number of rotatable bonds is 4. The molecule has 0 aliphatic carbocycles. The minimum absolute atomic E-state index is 0. The molecule has 144 valence electrons. The fourth-order valence-electron chi connectivity index (χ4n) is 3.69. The van der Waals surface area contributed by atoms with Gasteiger partial charge in [-0.15, -0.1) is 12.4 Å². The number of benzene rings is 2. The fourth-order valence-corrected chi connectivity index (χ4v) is 3.69. The van der Waals surface area contributed by atoms with Gasteiger partial charge in [0.05, 0.1) is 17.9 Å². The number of carbonyl (C=O) groups is 1. The summed E-state index contributed by atoms with van der Waals surface area (Å²) in [4.78, 5) is 15.1. The molecule has 2 aliphatic rings. The maximum absolute atomic E-state index is 13.3. The van der Waals surface area contributed by atoms with Crippen molar-refractivity contribution in [3.05, 3.63) is 54.3 Å². The first-order valence-electron chi connectivity index (χ1n) is 8.96. The van der Waals surface area contributed by atoms with Crippen LogP contribution in [0.1, 0.15) is 12.8 Å². The maximum Gasteiger partial charge on any atom is 0.252 e. The van der Waals surface area contributed by atoms with E-state index < -0.39 is 5.54 Å². The molecule has 4 rings (SSSR count). The van der Waals surface area contributed by atoms with Gasteiger partial charge in [0, 0.05) is 0 Å². The highest BCUT2D eigenvalue weighted by Crippen LogP contribution is 2.38. The minimum atomic E-state index is -0.546. The van der Waals surface area contributed by atoms with Crippen molar-refractivity contribution in [3.8, 4) is 5.75 Å². The molecule has 0 radical (unpaired) electrons. The second-order valence-corrected chi connectivity index (χ2v) is 6.73. The first-order valence-corrected chi connectivity index (χ1v) is 8.96. The Morgan fingerprint density at radius 2 is 1.78 bits per heavy atom. The fraction of sp³-hybridized carbons (Fsp3) is 0.350. The van der Waals surface area contributed by atoms with Crippen molar-refractivity contribution in [1.82, 2.24) is 5.32 Å². The molecule has 27 heavy (non-hydrogen) atoms. The van der Waals surface area contributed by atoms with Gasteiger partial charge in [0.2, 0.25) is 0 Å². The number of ether oxygens (including phenoxy) is 1. The van der Waals surface area contributed by atoms with Gasteiger partial charge in [0.1, 0.15) is 23.7 Å². The Morgan fingerprint density at radius 3 is 2.52 bits per heavy atom. The van der Waals surface area contributed by atoms with Crippen LogP contribution in [0.25, 0.3) is 0 Å². The Morgan fingerprint density at radius 1 is 1.07 bits per heavy atom. The summed E-state index contributed by atoms with van der Waals surface area (Å²) in [6.45, 7) is 2.44. The van der Waals surface area contributed by atoms with Crippen LogP contribution in [0.4, 0.5) is 15.8 Å². The van der Waals surface area contributed by atoms with Crippen LogP contribution in [0.2, 0.25) is 0 Å². The molecule has 0 atom stereocenters. The summed E-state index contributed by atoms with van der Waals surface area (Å²) in [6.07, 6.45) is 1.52. The summed E-state index contributed by atoms with van der Waals surface area (Å²) in [5, 5.41) is 6.81. The highest BCUT2D eigenvalue weighted by atomic mass is 35.5. The number of hydrogen-bond acceptors (Lipinski definition) is 4. The van der Waals surface area contributed by atoms with Crippen molar-refractivity contribution in [1.29, 1.82) is 0 Å². The van der Waals surface area contributed by atoms with Gasteiger partial charge >= 0.3 is 0 Å². The number of para-hydroxylation sites is 2. The number of halogens is 2. The second kappa shape index (κ2) is 8.15. The molecule has 1 fully saturated rings. The SMILES string of the molecule is Cl.O=C1N(CCOc2ccc(F)cc2)c2ccccc2NC12CCNCC2. The summed E-state index contributed by atoms with van der Waals surface area (Å²) in [6, 6.07) is 13.8. The largest absolute Gasteiger partial charge is 0.492 e. The summed E-state index contributed by atoms with van der Waals surface area (Å²) >= 11 is 0. The van der Waals surface area contributed by atoms with Gasteiger partial charge in [-0.3, -0.25) is 4.79 Å². The number of carbonyl (C=O) groups excluding carboxylic acids is 1. The van der Waals surface area contributed by atoms with Gasteiger partial charge in [0.25, 0.3) is 5.91 Å². The van der Waals surface area contributed by atoms with Gasteiger partial charge in [-0.25, -0.2) is 4.39 Å². The quantitative estimate of drug-likeness (QED) is 0.840. The van der Waals surface area contributed by atoms with E-state index in [9.17, 15) is 9.18 Å². The minimum Gasteiger partial charge on any atom is -0.492 e. The molecule has 5 nitrogen and oxygen atoms in total. The van der Waals surface area contributed by atoms with E-state index in [-0.39, 0.29) is 24.1 Å². The van der Waals surface area contributed by atoms with Crippen LogP contribution in [-0.4, -0.2) is 37.7 Å². The van der Waals surface area contributed by atoms with E-state index in [0.717, 1.165) is 37.3 Å². The first-order chi connectivity index (χ1) is 12.7. The molecule has 1 spiro atoms. The second-order valence-electron chi connectivity index (χ2n) is 6.73. The zero-order chi connectivity index (χ0) is 18.0. The van der Waals surface area contributed by atoms with Crippen LogP contribution in [0.5, 0.6) is 5.75 Å². The third-order valence-electron chi connectivity index (χ3n) is 5.08. The Bertz CT molecular complexity index is 794. The lowest BCUT2D eigenvalue weighted by Gasteiger charge is -2.45. The first kappa shape index (κ1) is 19.5. The number of nitrogens with zero attached hydrogens (tertiary/aromatic N) is 1. The molecule has 0 saturated carbocycles. The number of piperidine rings is 1. The van der Waals surface area contributed by atoms with Crippen LogP contribution >= 0.6 is 12.4 Å². The number of hydrogen-bond donors (Lipinski definition) is 2. The predicted octanol–water partition coefficient (Wildman–Crippen LogP) is 3.21. The number of nitrogens with one attached hydrogen (secondary N) is 2. The Hall–Kier alpha value is -2.31. The third-order valence-corrected chi connectivity index (χ3v) is 5.08. The van der Waals surface area contributed by atoms with E-state index in [1.807, 2.05) is 29.2 Å². The number of amides is 1.